The summed E-state index contributed by atoms with van der Waals surface area (Å²) in [6, 6.07) is 11.1. The minimum absolute atomic E-state index is 0.195. The van der Waals surface area contributed by atoms with Crippen molar-refractivity contribution in [1.29, 1.82) is 0 Å². The number of ether oxygens (including phenoxy) is 1. The Kier molecular flexibility index (Phi) is 5.89. The molecule has 0 saturated heterocycles. The highest BCUT2D eigenvalue weighted by Crippen LogP contribution is 2.33. The van der Waals surface area contributed by atoms with Crippen molar-refractivity contribution in [3.63, 3.8) is 0 Å². The van der Waals surface area contributed by atoms with Crippen LogP contribution in [0.4, 0.5) is 4.39 Å². The lowest BCUT2D eigenvalue weighted by Crippen LogP contribution is -2.45. The summed E-state index contributed by atoms with van der Waals surface area (Å²) in [4.78, 5) is 39.5. The zero-order valence-electron chi connectivity index (χ0n) is 16.4. The monoisotopic (exact) mass is 461 g/mol. The molecule has 1 atom stereocenters. The van der Waals surface area contributed by atoms with Crippen molar-refractivity contribution in [1.82, 2.24) is 4.90 Å². The van der Waals surface area contributed by atoms with Crippen LogP contribution in [-0.4, -0.2) is 28.3 Å². The van der Waals surface area contributed by atoms with Gasteiger partial charge in [-0.15, -0.1) is 0 Å². The third kappa shape index (κ3) is 4.72. The number of hydrogen-bond acceptors (Lipinski definition) is 4. The molecule has 1 unspecified atom stereocenters. The molecule has 152 valence electrons. The van der Waals surface area contributed by atoms with E-state index < -0.39 is 35.1 Å². The van der Waals surface area contributed by atoms with E-state index in [1.54, 1.807) is 51.1 Å². The van der Waals surface area contributed by atoms with Gasteiger partial charge >= 0.3 is 5.97 Å². The molecule has 0 N–H and O–H groups in total. The molecule has 0 spiro atoms. The smallest absolute Gasteiger partial charge is 0.307 e. The standard InChI is InChI=1S/C22H21BrFNO4/c1-22(2,3)29-19(26)11-17-15-6-4-5-7-16(15)20(27)25(21(17)28)12-13-8-9-14(23)10-18(13)24/h4-10,17H,11-12H2,1-3H3. The Bertz CT molecular complexity index is 983. The highest BCUT2D eigenvalue weighted by atomic mass is 79.9. The summed E-state index contributed by atoms with van der Waals surface area (Å²) >= 11 is 3.19. The van der Waals surface area contributed by atoms with Crippen LogP contribution in [-0.2, 0) is 20.9 Å². The van der Waals surface area contributed by atoms with Gasteiger partial charge in [0, 0.05) is 15.6 Å². The summed E-state index contributed by atoms with van der Waals surface area (Å²) in [5.74, 6) is -2.97. The largest absolute Gasteiger partial charge is 0.460 e. The minimum atomic E-state index is -0.864. The second kappa shape index (κ2) is 8.06. The number of carbonyl (C=O) groups is 3. The quantitative estimate of drug-likeness (QED) is 0.493. The van der Waals surface area contributed by atoms with E-state index >= 15 is 0 Å². The first-order chi connectivity index (χ1) is 13.6. The second-order valence-corrected chi connectivity index (χ2v) is 8.81. The van der Waals surface area contributed by atoms with E-state index in [-0.39, 0.29) is 18.5 Å². The van der Waals surface area contributed by atoms with E-state index in [4.69, 9.17) is 4.74 Å². The number of benzene rings is 2. The van der Waals surface area contributed by atoms with Crippen molar-refractivity contribution < 1.29 is 23.5 Å². The van der Waals surface area contributed by atoms with Crippen LogP contribution in [0.15, 0.2) is 46.9 Å². The number of rotatable bonds is 4. The van der Waals surface area contributed by atoms with Crippen LogP contribution in [0, 0.1) is 5.82 Å². The van der Waals surface area contributed by atoms with Crippen LogP contribution in [0.1, 0.15) is 54.6 Å². The number of imide groups is 1. The summed E-state index contributed by atoms with van der Waals surface area (Å²) in [5, 5.41) is 0. The van der Waals surface area contributed by atoms with Crippen molar-refractivity contribution >= 4 is 33.7 Å². The molecule has 29 heavy (non-hydrogen) atoms. The molecule has 0 bridgehead atoms. The fourth-order valence-corrected chi connectivity index (χ4v) is 3.61. The van der Waals surface area contributed by atoms with Gasteiger partial charge < -0.3 is 4.74 Å². The van der Waals surface area contributed by atoms with Crippen LogP contribution < -0.4 is 0 Å². The summed E-state index contributed by atoms with van der Waals surface area (Å²) in [7, 11) is 0. The molecule has 2 aromatic rings. The van der Waals surface area contributed by atoms with Gasteiger partial charge in [-0.25, -0.2) is 4.39 Å². The van der Waals surface area contributed by atoms with Gasteiger partial charge in [0.2, 0.25) is 5.91 Å². The molecule has 0 radical (unpaired) electrons. The Balaban J connectivity index is 1.94. The average molecular weight is 462 g/mol. The van der Waals surface area contributed by atoms with Crippen LogP contribution in [0.5, 0.6) is 0 Å². The minimum Gasteiger partial charge on any atom is -0.460 e. The normalized spacial score (nSPS) is 16.6. The van der Waals surface area contributed by atoms with Crippen molar-refractivity contribution in [2.75, 3.05) is 0 Å². The fraction of sp³-hybridized carbons (Fsp3) is 0.318. The van der Waals surface area contributed by atoms with Gasteiger partial charge in [-0.3, -0.25) is 19.3 Å². The summed E-state index contributed by atoms with van der Waals surface area (Å²) in [6.45, 7) is 5.02. The maximum atomic E-state index is 14.3. The Labute approximate surface area is 177 Å². The summed E-state index contributed by atoms with van der Waals surface area (Å²) in [5.41, 5.74) is 0.342. The third-order valence-corrected chi connectivity index (χ3v) is 5.00. The van der Waals surface area contributed by atoms with Gasteiger partial charge in [0.1, 0.15) is 11.4 Å². The van der Waals surface area contributed by atoms with Gasteiger partial charge in [0.15, 0.2) is 0 Å². The molecule has 0 aromatic heterocycles. The molecular formula is C22H21BrFNO4. The number of esters is 1. The third-order valence-electron chi connectivity index (χ3n) is 4.51. The number of amides is 2. The molecule has 5 nitrogen and oxygen atoms in total. The molecule has 1 aliphatic rings. The first-order valence-corrected chi connectivity index (χ1v) is 9.96. The molecule has 1 aliphatic heterocycles. The van der Waals surface area contributed by atoms with Gasteiger partial charge in [-0.1, -0.05) is 40.2 Å². The molecule has 7 heteroatoms. The zero-order valence-corrected chi connectivity index (χ0v) is 18.0. The van der Waals surface area contributed by atoms with Gasteiger partial charge in [-0.05, 0) is 44.5 Å². The first-order valence-electron chi connectivity index (χ1n) is 9.17. The predicted molar refractivity (Wildman–Crippen MR) is 109 cm³/mol. The molecule has 2 amide bonds. The van der Waals surface area contributed by atoms with Crippen LogP contribution >= 0.6 is 15.9 Å². The van der Waals surface area contributed by atoms with Crippen LogP contribution in [0.2, 0.25) is 0 Å². The van der Waals surface area contributed by atoms with E-state index in [0.29, 0.717) is 15.6 Å². The molecule has 3 rings (SSSR count). The highest BCUT2D eigenvalue weighted by Gasteiger charge is 2.40. The van der Waals surface area contributed by atoms with Crippen LogP contribution in [0.25, 0.3) is 0 Å². The molecule has 2 aromatic carbocycles. The van der Waals surface area contributed by atoms with Crippen molar-refractivity contribution in [3.8, 4) is 0 Å². The number of hydrogen-bond donors (Lipinski definition) is 0. The predicted octanol–water partition coefficient (Wildman–Crippen LogP) is 4.59. The topological polar surface area (TPSA) is 63.7 Å². The van der Waals surface area contributed by atoms with Crippen molar-refractivity contribution in [3.05, 3.63) is 69.4 Å². The second-order valence-electron chi connectivity index (χ2n) is 7.90. The van der Waals surface area contributed by atoms with Crippen molar-refractivity contribution in [2.24, 2.45) is 0 Å². The van der Waals surface area contributed by atoms with Crippen LogP contribution in [0.3, 0.4) is 0 Å². The van der Waals surface area contributed by atoms with E-state index in [1.807, 2.05) is 0 Å². The zero-order chi connectivity index (χ0) is 21.3. The van der Waals surface area contributed by atoms with E-state index in [1.165, 1.54) is 12.1 Å². The van der Waals surface area contributed by atoms with Crippen molar-refractivity contribution in [2.45, 2.75) is 45.3 Å². The highest BCUT2D eigenvalue weighted by molar-refractivity contribution is 9.10. The lowest BCUT2D eigenvalue weighted by atomic mass is 9.86. The Morgan fingerprint density at radius 2 is 1.86 bits per heavy atom. The van der Waals surface area contributed by atoms with E-state index in [0.717, 1.165) is 4.90 Å². The van der Waals surface area contributed by atoms with Gasteiger partial charge in [-0.2, -0.15) is 0 Å². The lowest BCUT2D eigenvalue weighted by molar-refractivity contribution is -0.157. The van der Waals surface area contributed by atoms with Gasteiger partial charge in [0.05, 0.1) is 18.9 Å². The lowest BCUT2D eigenvalue weighted by Gasteiger charge is -2.32. The molecule has 0 fully saturated rings. The number of fused-ring (bicyclic) bond motifs is 1. The van der Waals surface area contributed by atoms with Gasteiger partial charge in [0.25, 0.3) is 5.91 Å². The Hall–Kier alpha value is -2.54. The number of halogens is 2. The van der Waals surface area contributed by atoms with E-state index in [2.05, 4.69) is 15.9 Å². The molecule has 0 aliphatic carbocycles. The SMILES string of the molecule is CC(C)(C)OC(=O)CC1C(=O)N(Cc2ccc(Br)cc2F)C(=O)c2ccccc21. The molecule has 1 heterocycles. The Morgan fingerprint density at radius 1 is 1.17 bits per heavy atom. The Morgan fingerprint density at radius 3 is 2.52 bits per heavy atom. The number of carbonyl (C=O) groups excluding carboxylic acids is 3. The first kappa shape index (κ1) is 21.2. The average Bonchev–Trinajstić information content (AvgIpc) is 2.62. The molecule has 0 saturated carbocycles. The summed E-state index contributed by atoms with van der Waals surface area (Å²) < 4.78 is 20.2. The maximum absolute atomic E-state index is 14.3. The molecular weight excluding hydrogens is 441 g/mol. The fourth-order valence-electron chi connectivity index (χ4n) is 3.28. The maximum Gasteiger partial charge on any atom is 0.307 e. The summed E-state index contributed by atoms with van der Waals surface area (Å²) in [6.07, 6.45) is -0.195. The number of nitrogens with zero attached hydrogens (tertiary/aromatic N) is 1. The van der Waals surface area contributed by atoms with E-state index in [9.17, 15) is 18.8 Å².